The molecule has 0 radical (unpaired) electrons. The third kappa shape index (κ3) is 2.00. The van der Waals surface area contributed by atoms with Gasteiger partial charge in [-0.15, -0.1) is 0 Å². The summed E-state index contributed by atoms with van der Waals surface area (Å²) in [5, 5.41) is 0.824. The molecule has 0 N–H and O–H groups in total. The highest BCUT2D eigenvalue weighted by atomic mass is 19.1. The molecule has 3 aromatic rings. The average Bonchev–Trinajstić information content (AvgIpc) is 2.41. The minimum absolute atomic E-state index is 0.147. The van der Waals surface area contributed by atoms with Crippen LogP contribution in [0.15, 0.2) is 54.9 Å². The van der Waals surface area contributed by atoms with Gasteiger partial charge in [0.2, 0.25) is 5.88 Å². The SMILES string of the molecule is Fc1cc2ncccc2cc1Oc1ccccn1. The number of rotatable bonds is 2. The Hall–Kier alpha value is -2.49. The lowest BCUT2D eigenvalue weighted by atomic mass is 10.2. The first-order valence-electron chi connectivity index (χ1n) is 5.46. The van der Waals surface area contributed by atoms with Gasteiger partial charge in [0.1, 0.15) is 0 Å². The first-order valence-corrected chi connectivity index (χ1v) is 5.46. The number of halogens is 1. The average molecular weight is 240 g/mol. The highest BCUT2D eigenvalue weighted by Crippen LogP contribution is 2.26. The zero-order valence-corrected chi connectivity index (χ0v) is 9.38. The molecule has 0 aliphatic heterocycles. The van der Waals surface area contributed by atoms with Crippen molar-refractivity contribution < 1.29 is 9.13 Å². The van der Waals surface area contributed by atoms with Gasteiger partial charge in [-0.2, -0.15) is 0 Å². The summed E-state index contributed by atoms with van der Waals surface area (Å²) in [6, 6.07) is 11.8. The normalized spacial score (nSPS) is 10.5. The van der Waals surface area contributed by atoms with Crippen LogP contribution in [0.1, 0.15) is 0 Å². The van der Waals surface area contributed by atoms with Crippen molar-refractivity contribution in [1.82, 2.24) is 9.97 Å². The molecule has 0 saturated carbocycles. The maximum atomic E-state index is 13.8. The summed E-state index contributed by atoms with van der Waals surface area (Å²) in [4.78, 5) is 8.07. The van der Waals surface area contributed by atoms with E-state index < -0.39 is 5.82 Å². The summed E-state index contributed by atoms with van der Waals surface area (Å²) < 4.78 is 19.2. The van der Waals surface area contributed by atoms with Crippen LogP contribution < -0.4 is 4.74 Å². The molecule has 3 nitrogen and oxygen atoms in total. The lowest BCUT2D eigenvalue weighted by Gasteiger charge is -2.06. The molecule has 2 heterocycles. The summed E-state index contributed by atoms with van der Waals surface area (Å²) in [5.74, 6) is 0.0562. The maximum absolute atomic E-state index is 13.8. The predicted octanol–water partition coefficient (Wildman–Crippen LogP) is 3.56. The standard InChI is InChI=1S/C14H9FN2O/c15-11-9-12-10(4-3-7-16-12)8-13(11)18-14-5-1-2-6-17-14/h1-9H. The minimum Gasteiger partial charge on any atom is -0.436 e. The monoisotopic (exact) mass is 240 g/mol. The third-order valence-corrected chi connectivity index (χ3v) is 2.51. The van der Waals surface area contributed by atoms with Crippen LogP contribution >= 0.6 is 0 Å². The van der Waals surface area contributed by atoms with Gasteiger partial charge in [0.25, 0.3) is 0 Å². The molecule has 0 aliphatic carbocycles. The minimum atomic E-state index is -0.452. The van der Waals surface area contributed by atoms with Crippen LogP contribution in [0.5, 0.6) is 11.6 Å². The molecule has 0 spiro atoms. The smallest absolute Gasteiger partial charge is 0.219 e. The predicted molar refractivity (Wildman–Crippen MR) is 66.0 cm³/mol. The molecule has 0 fully saturated rings. The highest BCUT2D eigenvalue weighted by Gasteiger charge is 2.07. The van der Waals surface area contributed by atoms with Crippen LogP contribution in [0.2, 0.25) is 0 Å². The summed E-state index contributed by atoms with van der Waals surface area (Å²) >= 11 is 0. The Kier molecular flexibility index (Phi) is 2.61. The second-order valence-electron chi connectivity index (χ2n) is 3.75. The lowest BCUT2D eigenvalue weighted by Crippen LogP contribution is -1.91. The molecule has 0 saturated heterocycles. The van der Waals surface area contributed by atoms with E-state index in [4.69, 9.17) is 4.74 Å². The summed E-state index contributed by atoms with van der Waals surface area (Å²) in [5.41, 5.74) is 0.600. The number of hydrogen-bond acceptors (Lipinski definition) is 3. The maximum Gasteiger partial charge on any atom is 0.219 e. The Bertz CT molecular complexity index is 686. The van der Waals surface area contributed by atoms with Gasteiger partial charge < -0.3 is 4.74 Å². The van der Waals surface area contributed by atoms with Crippen molar-refractivity contribution in [2.24, 2.45) is 0 Å². The first-order chi connectivity index (χ1) is 8.83. The number of pyridine rings is 2. The van der Waals surface area contributed by atoms with Crippen molar-refractivity contribution in [3.05, 3.63) is 60.7 Å². The van der Waals surface area contributed by atoms with E-state index in [1.807, 2.05) is 6.07 Å². The molecule has 0 amide bonds. The van der Waals surface area contributed by atoms with Gasteiger partial charge in [-0.25, -0.2) is 9.37 Å². The first kappa shape index (κ1) is 10.7. The molecule has 88 valence electrons. The molecule has 1 aromatic carbocycles. The largest absolute Gasteiger partial charge is 0.436 e. The van der Waals surface area contributed by atoms with E-state index in [1.165, 1.54) is 6.07 Å². The molecule has 18 heavy (non-hydrogen) atoms. The van der Waals surface area contributed by atoms with Gasteiger partial charge in [0.15, 0.2) is 11.6 Å². The quantitative estimate of drug-likeness (QED) is 0.687. The van der Waals surface area contributed by atoms with Crippen molar-refractivity contribution in [2.45, 2.75) is 0 Å². The molecule has 4 heteroatoms. The number of ether oxygens (including phenoxy) is 1. The molecule has 2 aromatic heterocycles. The van der Waals surface area contributed by atoms with Crippen LogP contribution in [-0.2, 0) is 0 Å². The number of benzene rings is 1. The second-order valence-corrected chi connectivity index (χ2v) is 3.75. The van der Waals surface area contributed by atoms with E-state index in [-0.39, 0.29) is 5.75 Å². The van der Waals surface area contributed by atoms with Gasteiger partial charge in [0, 0.05) is 29.9 Å². The van der Waals surface area contributed by atoms with Gasteiger partial charge in [0.05, 0.1) is 5.52 Å². The number of aromatic nitrogens is 2. The fourth-order valence-electron chi connectivity index (χ4n) is 1.67. The van der Waals surface area contributed by atoms with Crippen LogP contribution in [-0.4, -0.2) is 9.97 Å². The van der Waals surface area contributed by atoms with Crippen LogP contribution in [0.25, 0.3) is 10.9 Å². The van der Waals surface area contributed by atoms with Crippen molar-refractivity contribution >= 4 is 10.9 Å². The molecule has 0 atom stereocenters. The molecule has 0 aliphatic rings. The van der Waals surface area contributed by atoms with Crippen LogP contribution in [0.3, 0.4) is 0 Å². The van der Waals surface area contributed by atoms with Gasteiger partial charge in [-0.05, 0) is 18.2 Å². The van der Waals surface area contributed by atoms with Crippen molar-refractivity contribution in [3.8, 4) is 11.6 Å². The Balaban J connectivity index is 2.04. The molecule has 3 rings (SSSR count). The van der Waals surface area contributed by atoms with E-state index in [0.717, 1.165) is 5.39 Å². The van der Waals surface area contributed by atoms with E-state index in [0.29, 0.717) is 11.4 Å². The van der Waals surface area contributed by atoms with Gasteiger partial charge >= 0.3 is 0 Å². The van der Waals surface area contributed by atoms with Crippen molar-refractivity contribution in [3.63, 3.8) is 0 Å². The fourth-order valence-corrected chi connectivity index (χ4v) is 1.67. The second kappa shape index (κ2) is 4.41. The lowest BCUT2D eigenvalue weighted by molar-refractivity contribution is 0.428. The Morgan fingerprint density at radius 1 is 0.944 bits per heavy atom. The van der Waals surface area contributed by atoms with E-state index >= 15 is 0 Å². The number of hydrogen-bond donors (Lipinski definition) is 0. The topological polar surface area (TPSA) is 35.0 Å². The Morgan fingerprint density at radius 2 is 1.83 bits per heavy atom. The molecular formula is C14H9FN2O. The Morgan fingerprint density at radius 3 is 2.67 bits per heavy atom. The van der Waals surface area contributed by atoms with Crippen LogP contribution in [0.4, 0.5) is 4.39 Å². The third-order valence-electron chi connectivity index (χ3n) is 2.51. The number of nitrogens with zero attached hydrogens (tertiary/aromatic N) is 2. The van der Waals surface area contributed by atoms with E-state index in [1.54, 1.807) is 42.7 Å². The highest BCUT2D eigenvalue weighted by molar-refractivity contribution is 5.80. The fraction of sp³-hybridized carbons (Fsp3) is 0. The molecule has 0 bridgehead atoms. The summed E-state index contributed by atoms with van der Waals surface area (Å²) in [7, 11) is 0. The van der Waals surface area contributed by atoms with Gasteiger partial charge in [-0.3, -0.25) is 4.98 Å². The number of fused-ring (bicyclic) bond motifs is 1. The van der Waals surface area contributed by atoms with Gasteiger partial charge in [-0.1, -0.05) is 12.1 Å². The molecular weight excluding hydrogens is 231 g/mol. The van der Waals surface area contributed by atoms with Crippen molar-refractivity contribution in [1.29, 1.82) is 0 Å². The van der Waals surface area contributed by atoms with E-state index in [2.05, 4.69) is 9.97 Å². The zero-order valence-electron chi connectivity index (χ0n) is 9.38. The summed E-state index contributed by atoms with van der Waals surface area (Å²) in [6.45, 7) is 0. The molecule has 0 unspecified atom stereocenters. The zero-order chi connectivity index (χ0) is 12.4. The summed E-state index contributed by atoms with van der Waals surface area (Å²) in [6.07, 6.45) is 3.22. The van der Waals surface area contributed by atoms with Crippen molar-refractivity contribution in [2.75, 3.05) is 0 Å². The van der Waals surface area contributed by atoms with E-state index in [9.17, 15) is 4.39 Å². The Labute approximate surface area is 103 Å². The van der Waals surface area contributed by atoms with Crippen LogP contribution in [0, 0.1) is 5.82 Å².